The highest BCUT2D eigenvalue weighted by Gasteiger charge is 1.89. The van der Waals surface area contributed by atoms with Crippen molar-refractivity contribution in [1.29, 1.82) is 0 Å². The number of hydrogen-bond donors (Lipinski definition) is 0. The van der Waals surface area contributed by atoms with Crippen molar-refractivity contribution in [1.82, 2.24) is 14.8 Å². The summed E-state index contributed by atoms with van der Waals surface area (Å²) in [5.74, 6) is 0.873. The van der Waals surface area contributed by atoms with Crippen molar-refractivity contribution in [3.05, 3.63) is 30.9 Å². The molecule has 0 fully saturated rings. The number of aromatic nitrogens is 3. The van der Waals surface area contributed by atoms with Crippen molar-refractivity contribution in [2.75, 3.05) is 0 Å². The van der Waals surface area contributed by atoms with E-state index < -0.39 is 0 Å². The molecule has 10 heavy (non-hydrogen) atoms. The summed E-state index contributed by atoms with van der Waals surface area (Å²) in [6, 6.07) is 0. The van der Waals surface area contributed by atoms with Crippen LogP contribution in [0.4, 0.5) is 0 Å². The lowest BCUT2D eigenvalue weighted by atomic mass is 10.6. The van der Waals surface area contributed by atoms with E-state index in [0.29, 0.717) is 0 Å². The zero-order valence-electron chi connectivity index (χ0n) is 5.86. The molecule has 3 heteroatoms. The summed E-state index contributed by atoms with van der Waals surface area (Å²) in [4.78, 5) is 3.94. The van der Waals surface area contributed by atoms with E-state index in [2.05, 4.69) is 16.7 Å². The molecule has 0 aliphatic heterocycles. The third-order valence-corrected chi connectivity index (χ3v) is 1.12. The molecule has 3 nitrogen and oxygen atoms in total. The average molecular weight is 135 g/mol. The van der Waals surface area contributed by atoms with E-state index in [-0.39, 0.29) is 0 Å². The Bertz CT molecular complexity index is 247. The van der Waals surface area contributed by atoms with Gasteiger partial charge in [-0.25, -0.2) is 9.67 Å². The van der Waals surface area contributed by atoms with Gasteiger partial charge in [0.2, 0.25) is 0 Å². The van der Waals surface area contributed by atoms with Gasteiger partial charge in [0.25, 0.3) is 0 Å². The monoisotopic (exact) mass is 135 g/mol. The highest BCUT2D eigenvalue weighted by Crippen LogP contribution is 1.90. The van der Waals surface area contributed by atoms with Crippen molar-refractivity contribution in [2.45, 2.75) is 6.92 Å². The molecule has 1 heterocycles. The maximum Gasteiger partial charge on any atom is 0.138 e. The topological polar surface area (TPSA) is 30.7 Å². The second-order valence-electron chi connectivity index (χ2n) is 1.83. The Kier molecular flexibility index (Phi) is 1.99. The van der Waals surface area contributed by atoms with Gasteiger partial charge in [-0.1, -0.05) is 12.7 Å². The number of rotatable bonds is 2. The molecular formula is C7H9N3. The number of nitrogens with zero attached hydrogens (tertiary/aromatic N) is 3. The minimum atomic E-state index is 0.873. The van der Waals surface area contributed by atoms with Gasteiger partial charge in [-0.05, 0) is 13.0 Å². The first-order chi connectivity index (χ1) is 4.84. The smallest absolute Gasteiger partial charge is 0.138 e. The molecule has 52 valence electrons. The molecule has 0 saturated carbocycles. The van der Waals surface area contributed by atoms with Gasteiger partial charge in [-0.15, -0.1) is 0 Å². The van der Waals surface area contributed by atoms with Gasteiger partial charge in [0, 0.05) is 6.20 Å². The second-order valence-corrected chi connectivity index (χ2v) is 1.83. The van der Waals surface area contributed by atoms with Crippen molar-refractivity contribution in [3.63, 3.8) is 0 Å². The first-order valence-electron chi connectivity index (χ1n) is 3.00. The summed E-state index contributed by atoms with van der Waals surface area (Å²) < 4.78 is 1.68. The second kappa shape index (κ2) is 2.96. The van der Waals surface area contributed by atoms with Crippen molar-refractivity contribution >= 4 is 6.20 Å². The van der Waals surface area contributed by atoms with E-state index >= 15 is 0 Å². The molecule has 1 aromatic heterocycles. The number of aryl methyl sites for hydroxylation is 1. The van der Waals surface area contributed by atoms with Crippen molar-refractivity contribution < 1.29 is 0 Å². The van der Waals surface area contributed by atoms with Crippen LogP contribution in [0.2, 0.25) is 0 Å². The molecule has 1 aromatic rings. The SMILES string of the molecule is C=C/C=C\n1ncnc1C. The summed E-state index contributed by atoms with van der Waals surface area (Å²) in [5, 5.41) is 3.92. The molecule has 0 saturated heterocycles. The Hall–Kier alpha value is -1.38. The molecule has 0 bridgehead atoms. The number of hydrogen-bond acceptors (Lipinski definition) is 2. The van der Waals surface area contributed by atoms with Gasteiger partial charge in [-0.2, -0.15) is 5.10 Å². The quantitative estimate of drug-likeness (QED) is 0.571. The summed E-state index contributed by atoms with van der Waals surface area (Å²) >= 11 is 0. The largest absolute Gasteiger partial charge is 0.225 e. The van der Waals surface area contributed by atoms with Gasteiger partial charge in [-0.3, -0.25) is 0 Å². The average Bonchev–Trinajstić information content (AvgIpc) is 2.31. The van der Waals surface area contributed by atoms with Gasteiger partial charge < -0.3 is 0 Å². The number of allylic oxidation sites excluding steroid dienone is 2. The normalized spacial score (nSPS) is 10.5. The fourth-order valence-corrected chi connectivity index (χ4v) is 0.596. The van der Waals surface area contributed by atoms with Gasteiger partial charge >= 0.3 is 0 Å². The molecule has 0 atom stereocenters. The van der Waals surface area contributed by atoms with E-state index in [0.717, 1.165) is 5.82 Å². The highest BCUT2D eigenvalue weighted by atomic mass is 15.3. The maximum absolute atomic E-state index is 3.94. The molecular weight excluding hydrogens is 126 g/mol. The lowest BCUT2D eigenvalue weighted by molar-refractivity contribution is 0.890. The Morgan fingerprint density at radius 2 is 2.50 bits per heavy atom. The molecule has 0 aliphatic rings. The van der Waals surface area contributed by atoms with Crippen LogP contribution in [0.3, 0.4) is 0 Å². The predicted octanol–water partition coefficient (Wildman–Crippen LogP) is 1.24. The minimum absolute atomic E-state index is 0.873. The third-order valence-electron chi connectivity index (χ3n) is 1.12. The summed E-state index contributed by atoms with van der Waals surface area (Å²) in [5.41, 5.74) is 0. The molecule has 0 amide bonds. The Morgan fingerprint density at radius 3 is 3.00 bits per heavy atom. The van der Waals surface area contributed by atoms with Crippen LogP contribution in [0.15, 0.2) is 25.1 Å². The fourth-order valence-electron chi connectivity index (χ4n) is 0.596. The summed E-state index contributed by atoms with van der Waals surface area (Å²) in [6.45, 7) is 5.43. The van der Waals surface area contributed by atoms with E-state index in [1.54, 1.807) is 17.0 Å². The lowest BCUT2D eigenvalue weighted by Gasteiger charge is -1.89. The van der Waals surface area contributed by atoms with E-state index in [9.17, 15) is 0 Å². The molecule has 0 spiro atoms. The van der Waals surface area contributed by atoms with Crippen LogP contribution in [0, 0.1) is 6.92 Å². The first kappa shape index (κ1) is 6.74. The Morgan fingerprint density at radius 1 is 1.70 bits per heavy atom. The maximum atomic E-state index is 3.94. The molecule has 0 radical (unpaired) electrons. The zero-order valence-corrected chi connectivity index (χ0v) is 5.86. The van der Waals surface area contributed by atoms with Crippen LogP contribution in [0.1, 0.15) is 5.82 Å². The molecule has 0 N–H and O–H groups in total. The third kappa shape index (κ3) is 1.31. The van der Waals surface area contributed by atoms with E-state index in [1.165, 1.54) is 6.33 Å². The summed E-state index contributed by atoms with van der Waals surface area (Å²) in [7, 11) is 0. The Balaban J connectivity index is 2.83. The van der Waals surface area contributed by atoms with Crippen LogP contribution >= 0.6 is 0 Å². The van der Waals surface area contributed by atoms with Crippen LogP contribution in [-0.4, -0.2) is 14.8 Å². The first-order valence-corrected chi connectivity index (χ1v) is 3.00. The van der Waals surface area contributed by atoms with Gasteiger partial charge in [0.1, 0.15) is 12.2 Å². The van der Waals surface area contributed by atoms with Crippen molar-refractivity contribution in [3.8, 4) is 0 Å². The molecule has 0 unspecified atom stereocenters. The zero-order chi connectivity index (χ0) is 7.40. The van der Waals surface area contributed by atoms with Crippen LogP contribution in [-0.2, 0) is 0 Å². The molecule has 1 rings (SSSR count). The van der Waals surface area contributed by atoms with E-state index in [4.69, 9.17) is 0 Å². The van der Waals surface area contributed by atoms with Gasteiger partial charge in [0.05, 0.1) is 0 Å². The van der Waals surface area contributed by atoms with Crippen LogP contribution in [0.5, 0.6) is 0 Å². The lowest BCUT2D eigenvalue weighted by Crippen LogP contribution is -1.90. The fraction of sp³-hybridized carbons (Fsp3) is 0.143. The van der Waals surface area contributed by atoms with Crippen molar-refractivity contribution in [2.24, 2.45) is 0 Å². The Labute approximate surface area is 59.7 Å². The molecule has 0 aliphatic carbocycles. The summed E-state index contributed by atoms with van der Waals surface area (Å²) in [6.07, 6.45) is 6.82. The van der Waals surface area contributed by atoms with Gasteiger partial charge in [0.15, 0.2) is 0 Å². The van der Waals surface area contributed by atoms with Crippen LogP contribution in [0.25, 0.3) is 6.20 Å². The standard InChI is InChI=1S/C7H9N3/c1-3-4-5-10-7(2)8-6-9-10/h3-6H,1H2,2H3/b5-4-. The van der Waals surface area contributed by atoms with Crippen LogP contribution < -0.4 is 0 Å². The highest BCUT2D eigenvalue weighted by molar-refractivity contribution is 5.25. The predicted molar refractivity (Wildman–Crippen MR) is 40.3 cm³/mol. The van der Waals surface area contributed by atoms with E-state index in [1.807, 2.05) is 13.0 Å². The minimum Gasteiger partial charge on any atom is -0.225 e. The molecule has 0 aromatic carbocycles.